The summed E-state index contributed by atoms with van der Waals surface area (Å²) in [5.41, 5.74) is 6.62. The first-order chi connectivity index (χ1) is 8.11. The van der Waals surface area contributed by atoms with E-state index in [1.807, 2.05) is 0 Å². The van der Waals surface area contributed by atoms with Crippen LogP contribution in [-0.2, 0) is 4.74 Å². The number of hydrogen-bond donors (Lipinski definition) is 1. The Morgan fingerprint density at radius 1 is 1.24 bits per heavy atom. The Balaban J connectivity index is 2.24. The van der Waals surface area contributed by atoms with Crippen LogP contribution in [0.2, 0.25) is 0 Å². The van der Waals surface area contributed by atoms with Gasteiger partial charge in [-0.15, -0.1) is 0 Å². The third-order valence-electron chi connectivity index (χ3n) is 3.44. The van der Waals surface area contributed by atoms with E-state index in [-0.39, 0.29) is 11.5 Å². The fourth-order valence-electron chi connectivity index (χ4n) is 2.25. The molecule has 17 heavy (non-hydrogen) atoms. The highest BCUT2D eigenvalue weighted by atomic mass is 19.2. The Kier molecular flexibility index (Phi) is 3.74. The summed E-state index contributed by atoms with van der Waals surface area (Å²) in [5, 5.41) is 0. The highest BCUT2D eigenvalue weighted by molar-refractivity contribution is 5.28. The van der Waals surface area contributed by atoms with Crippen molar-refractivity contribution in [3.8, 4) is 0 Å². The van der Waals surface area contributed by atoms with E-state index in [0.717, 1.165) is 12.8 Å². The molecule has 0 radical (unpaired) electrons. The maximum atomic E-state index is 13.8. The van der Waals surface area contributed by atoms with E-state index in [2.05, 4.69) is 0 Å². The van der Waals surface area contributed by atoms with Crippen LogP contribution in [0.1, 0.15) is 30.0 Å². The predicted octanol–water partition coefficient (Wildman–Crippen LogP) is 2.70. The molecule has 2 rings (SSSR count). The molecule has 1 unspecified atom stereocenters. The Bertz CT molecular complexity index is 403. The number of hydrogen-bond acceptors (Lipinski definition) is 2. The lowest BCUT2D eigenvalue weighted by Crippen LogP contribution is -2.28. The SMILES string of the molecule is Cc1ccc(C(N)C2CCOCC2)c(F)c1F. The standard InChI is InChI=1S/C13H17F2NO/c1-8-2-3-10(12(15)11(8)14)13(16)9-4-6-17-7-5-9/h2-3,9,13H,4-7,16H2,1H3. The first-order valence-electron chi connectivity index (χ1n) is 5.89. The van der Waals surface area contributed by atoms with E-state index in [4.69, 9.17) is 10.5 Å². The van der Waals surface area contributed by atoms with Gasteiger partial charge in [0.05, 0.1) is 0 Å². The van der Waals surface area contributed by atoms with Crippen molar-refractivity contribution in [2.24, 2.45) is 11.7 Å². The minimum Gasteiger partial charge on any atom is -0.381 e. The van der Waals surface area contributed by atoms with E-state index in [0.29, 0.717) is 18.8 Å². The molecule has 2 nitrogen and oxygen atoms in total. The summed E-state index contributed by atoms with van der Waals surface area (Å²) >= 11 is 0. The molecule has 1 aromatic carbocycles. The van der Waals surface area contributed by atoms with E-state index in [1.165, 1.54) is 0 Å². The molecule has 1 aliphatic heterocycles. The summed E-state index contributed by atoms with van der Waals surface area (Å²) < 4.78 is 32.5. The molecule has 1 saturated heterocycles. The van der Waals surface area contributed by atoms with E-state index >= 15 is 0 Å². The number of aryl methyl sites for hydroxylation is 1. The van der Waals surface area contributed by atoms with Crippen LogP contribution in [0, 0.1) is 24.5 Å². The zero-order chi connectivity index (χ0) is 12.4. The Morgan fingerprint density at radius 3 is 2.53 bits per heavy atom. The van der Waals surface area contributed by atoms with Crippen molar-refractivity contribution in [1.82, 2.24) is 0 Å². The number of ether oxygens (including phenoxy) is 1. The number of halogens is 2. The van der Waals surface area contributed by atoms with Gasteiger partial charge in [0.1, 0.15) is 0 Å². The maximum Gasteiger partial charge on any atom is 0.163 e. The average molecular weight is 241 g/mol. The van der Waals surface area contributed by atoms with Crippen LogP contribution in [0.15, 0.2) is 12.1 Å². The topological polar surface area (TPSA) is 35.2 Å². The summed E-state index contributed by atoms with van der Waals surface area (Å²) in [4.78, 5) is 0. The van der Waals surface area contributed by atoms with Gasteiger partial charge in [0, 0.05) is 24.8 Å². The monoisotopic (exact) mass is 241 g/mol. The molecule has 0 aliphatic carbocycles. The van der Waals surface area contributed by atoms with Crippen molar-refractivity contribution in [2.75, 3.05) is 13.2 Å². The summed E-state index contributed by atoms with van der Waals surface area (Å²) in [6.07, 6.45) is 1.60. The lowest BCUT2D eigenvalue weighted by atomic mass is 9.87. The van der Waals surface area contributed by atoms with E-state index in [1.54, 1.807) is 19.1 Å². The predicted molar refractivity (Wildman–Crippen MR) is 61.6 cm³/mol. The third-order valence-corrected chi connectivity index (χ3v) is 3.44. The molecule has 94 valence electrons. The largest absolute Gasteiger partial charge is 0.381 e. The van der Waals surface area contributed by atoms with Gasteiger partial charge >= 0.3 is 0 Å². The molecule has 0 aromatic heterocycles. The second-order valence-corrected chi connectivity index (χ2v) is 4.58. The molecule has 4 heteroatoms. The highest BCUT2D eigenvalue weighted by Gasteiger charge is 2.25. The normalized spacial score (nSPS) is 19.3. The molecule has 1 heterocycles. The van der Waals surface area contributed by atoms with Crippen LogP contribution in [0.4, 0.5) is 8.78 Å². The molecule has 0 bridgehead atoms. The molecule has 2 N–H and O–H groups in total. The summed E-state index contributed by atoms with van der Waals surface area (Å²) in [5.74, 6) is -1.42. The zero-order valence-electron chi connectivity index (χ0n) is 9.88. The second kappa shape index (κ2) is 5.10. The number of nitrogens with two attached hydrogens (primary N) is 1. The van der Waals surface area contributed by atoms with Crippen molar-refractivity contribution in [3.63, 3.8) is 0 Å². The van der Waals surface area contributed by atoms with Crippen LogP contribution < -0.4 is 5.73 Å². The van der Waals surface area contributed by atoms with Crippen LogP contribution in [0.3, 0.4) is 0 Å². The summed E-state index contributed by atoms with van der Waals surface area (Å²) in [6, 6.07) is 2.72. The molecule has 1 fully saturated rings. The van der Waals surface area contributed by atoms with Gasteiger partial charge in [-0.25, -0.2) is 8.78 Å². The Hall–Kier alpha value is -1.00. The summed E-state index contributed by atoms with van der Waals surface area (Å²) in [7, 11) is 0. The van der Waals surface area contributed by atoms with Crippen molar-refractivity contribution >= 4 is 0 Å². The molecule has 1 aromatic rings. The van der Waals surface area contributed by atoms with Crippen molar-refractivity contribution in [2.45, 2.75) is 25.8 Å². The first kappa shape index (κ1) is 12.5. The lowest BCUT2D eigenvalue weighted by Gasteiger charge is -2.28. The number of benzene rings is 1. The molecule has 1 aliphatic rings. The fraction of sp³-hybridized carbons (Fsp3) is 0.538. The van der Waals surface area contributed by atoms with Crippen molar-refractivity contribution < 1.29 is 13.5 Å². The minimum absolute atomic E-state index is 0.167. The number of rotatable bonds is 2. The minimum atomic E-state index is -0.802. The fourth-order valence-corrected chi connectivity index (χ4v) is 2.25. The Labute approximate surface area is 99.8 Å². The molecule has 0 spiro atoms. The average Bonchev–Trinajstić information content (AvgIpc) is 2.36. The van der Waals surface area contributed by atoms with Gasteiger partial charge in [0.15, 0.2) is 11.6 Å². The van der Waals surface area contributed by atoms with Gasteiger partial charge in [-0.1, -0.05) is 12.1 Å². The van der Waals surface area contributed by atoms with Crippen molar-refractivity contribution in [1.29, 1.82) is 0 Å². The quantitative estimate of drug-likeness (QED) is 0.864. The molecule has 1 atom stereocenters. The van der Waals surface area contributed by atoms with Gasteiger partial charge in [0.25, 0.3) is 0 Å². The van der Waals surface area contributed by atoms with Crippen molar-refractivity contribution in [3.05, 3.63) is 34.9 Å². The van der Waals surface area contributed by atoms with Crippen LogP contribution in [0.25, 0.3) is 0 Å². The third kappa shape index (κ3) is 2.48. The van der Waals surface area contributed by atoms with Gasteiger partial charge in [0.2, 0.25) is 0 Å². The summed E-state index contributed by atoms with van der Waals surface area (Å²) in [6.45, 7) is 2.84. The zero-order valence-corrected chi connectivity index (χ0v) is 9.88. The van der Waals surface area contributed by atoms with Crippen LogP contribution in [0.5, 0.6) is 0 Å². The second-order valence-electron chi connectivity index (χ2n) is 4.58. The molecule has 0 saturated carbocycles. The first-order valence-corrected chi connectivity index (χ1v) is 5.89. The van der Waals surface area contributed by atoms with E-state index < -0.39 is 17.7 Å². The molecule has 0 amide bonds. The maximum absolute atomic E-state index is 13.8. The smallest absolute Gasteiger partial charge is 0.163 e. The van der Waals surface area contributed by atoms with Gasteiger partial charge < -0.3 is 10.5 Å². The van der Waals surface area contributed by atoms with Crippen LogP contribution in [-0.4, -0.2) is 13.2 Å². The van der Waals surface area contributed by atoms with Gasteiger partial charge in [-0.05, 0) is 31.2 Å². The lowest BCUT2D eigenvalue weighted by molar-refractivity contribution is 0.0579. The van der Waals surface area contributed by atoms with E-state index in [9.17, 15) is 8.78 Å². The van der Waals surface area contributed by atoms with Gasteiger partial charge in [-0.2, -0.15) is 0 Å². The molecular weight excluding hydrogens is 224 g/mol. The highest BCUT2D eigenvalue weighted by Crippen LogP contribution is 2.30. The molecular formula is C13H17F2NO. The van der Waals surface area contributed by atoms with Crippen LogP contribution >= 0.6 is 0 Å². The van der Waals surface area contributed by atoms with Gasteiger partial charge in [-0.3, -0.25) is 0 Å². The Morgan fingerprint density at radius 2 is 1.88 bits per heavy atom.